The van der Waals surface area contributed by atoms with E-state index in [-0.39, 0.29) is 5.41 Å². The van der Waals surface area contributed by atoms with Crippen molar-refractivity contribution in [1.82, 2.24) is 5.32 Å². The van der Waals surface area contributed by atoms with Gasteiger partial charge in [0.2, 0.25) is 0 Å². The van der Waals surface area contributed by atoms with Crippen LogP contribution in [0.25, 0.3) is 0 Å². The maximum atomic E-state index is 6.11. The van der Waals surface area contributed by atoms with E-state index in [0.717, 1.165) is 38.5 Å². The fraction of sp³-hybridized carbons (Fsp3) is 0.650. The minimum Gasteiger partial charge on any atom is -0.377 e. The molecule has 2 aliphatic rings. The van der Waals surface area contributed by atoms with Gasteiger partial charge < -0.3 is 15.0 Å². The molecule has 0 aromatic heterocycles. The Balaban J connectivity index is 1.67. The van der Waals surface area contributed by atoms with E-state index in [1.54, 1.807) is 0 Å². The lowest BCUT2D eigenvalue weighted by atomic mass is 9.78. The van der Waals surface area contributed by atoms with E-state index in [4.69, 9.17) is 4.74 Å². The minimum absolute atomic E-state index is 0.177. The van der Waals surface area contributed by atoms with Gasteiger partial charge in [-0.2, -0.15) is 0 Å². The highest BCUT2D eigenvalue weighted by Crippen LogP contribution is 2.34. The van der Waals surface area contributed by atoms with Crippen molar-refractivity contribution in [2.75, 3.05) is 31.6 Å². The Kier molecular flexibility index (Phi) is 5.14. The Bertz CT molecular complexity index is 591. The number of benzene rings is 1. The SMILES string of the molecule is CN=C(NCC1CCCOC1C(C)(C)C)N1CCc2ccccc21. The van der Waals surface area contributed by atoms with E-state index >= 15 is 0 Å². The molecule has 1 N–H and O–H groups in total. The van der Waals surface area contributed by atoms with Crippen LogP contribution in [0.15, 0.2) is 29.3 Å². The second kappa shape index (κ2) is 7.14. The summed E-state index contributed by atoms with van der Waals surface area (Å²) in [5.74, 6) is 1.52. The first-order chi connectivity index (χ1) is 11.5. The molecule has 1 saturated heterocycles. The number of rotatable bonds is 2. The number of guanidine groups is 1. The molecule has 0 saturated carbocycles. The van der Waals surface area contributed by atoms with Crippen molar-refractivity contribution < 1.29 is 4.74 Å². The van der Waals surface area contributed by atoms with Crippen LogP contribution in [0.1, 0.15) is 39.2 Å². The molecule has 0 bridgehead atoms. The second-order valence-corrected chi connectivity index (χ2v) is 8.02. The molecule has 24 heavy (non-hydrogen) atoms. The Morgan fingerprint density at radius 3 is 2.88 bits per heavy atom. The topological polar surface area (TPSA) is 36.9 Å². The Morgan fingerprint density at radius 1 is 1.33 bits per heavy atom. The van der Waals surface area contributed by atoms with Gasteiger partial charge in [-0.3, -0.25) is 4.99 Å². The van der Waals surface area contributed by atoms with Crippen LogP contribution in [0.5, 0.6) is 0 Å². The molecule has 132 valence electrons. The highest BCUT2D eigenvalue weighted by molar-refractivity contribution is 5.97. The normalized spacial score (nSPS) is 24.8. The van der Waals surface area contributed by atoms with Crippen molar-refractivity contribution in [2.24, 2.45) is 16.3 Å². The Morgan fingerprint density at radius 2 is 2.12 bits per heavy atom. The number of fused-ring (bicyclic) bond motifs is 1. The third-order valence-electron chi connectivity index (χ3n) is 5.18. The molecule has 2 heterocycles. The first-order valence-corrected chi connectivity index (χ1v) is 9.18. The monoisotopic (exact) mass is 329 g/mol. The highest BCUT2D eigenvalue weighted by Gasteiger charge is 2.35. The van der Waals surface area contributed by atoms with Gasteiger partial charge in [0.15, 0.2) is 5.96 Å². The molecular formula is C20H31N3O. The summed E-state index contributed by atoms with van der Waals surface area (Å²) in [7, 11) is 1.88. The maximum absolute atomic E-state index is 6.11. The van der Waals surface area contributed by atoms with E-state index in [9.17, 15) is 0 Å². The van der Waals surface area contributed by atoms with Crippen molar-refractivity contribution in [3.05, 3.63) is 29.8 Å². The fourth-order valence-corrected chi connectivity index (χ4v) is 4.09. The van der Waals surface area contributed by atoms with Gasteiger partial charge in [-0.15, -0.1) is 0 Å². The number of hydrogen-bond donors (Lipinski definition) is 1. The van der Waals surface area contributed by atoms with Crippen LogP contribution in [0.3, 0.4) is 0 Å². The van der Waals surface area contributed by atoms with Gasteiger partial charge in [0, 0.05) is 38.3 Å². The molecule has 2 atom stereocenters. The zero-order chi connectivity index (χ0) is 17.2. The van der Waals surface area contributed by atoms with Crippen molar-refractivity contribution in [3.8, 4) is 0 Å². The van der Waals surface area contributed by atoms with E-state index in [2.05, 4.69) is 60.2 Å². The molecular weight excluding hydrogens is 298 g/mol. The summed E-state index contributed by atoms with van der Waals surface area (Å²) in [6.07, 6.45) is 3.78. The quantitative estimate of drug-likeness (QED) is 0.667. The lowest BCUT2D eigenvalue weighted by Crippen LogP contribution is -2.48. The first-order valence-electron chi connectivity index (χ1n) is 9.18. The zero-order valence-corrected chi connectivity index (χ0v) is 15.5. The van der Waals surface area contributed by atoms with Gasteiger partial charge in [0.1, 0.15) is 0 Å². The summed E-state index contributed by atoms with van der Waals surface area (Å²) >= 11 is 0. The molecule has 4 nitrogen and oxygen atoms in total. The Hall–Kier alpha value is -1.55. The average molecular weight is 329 g/mol. The summed E-state index contributed by atoms with van der Waals surface area (Å²) in [5, 5.41) is 3.62. The maximum Gasteiger partial charge on any atom is 0.198 e. The molecule has 1 fully saturated rings. The third-order valence-corrected chi connectivity index (χ3v) is 5.18. The average Bonchev–Trinajstić information content (AvgIpc) is 2.99. The number of ether oxygens (including phenoxy) is 1. The van der Waals surface area contributed by atoms with Crippen LogP contribution in [0.2, 0.25) is 0 Å². The molecule has 3 rings (SSSR count). The third kappa shape index (κ3) is 3.59. The smallest absolute Gasteiger partial charge is 0.198 e. The van der Waals surface area contributed by atoms with E-state index in [0.29, 0.717) is 12.0 Å². The standard InChI is InChI=1S/C20H31N3O/c1-20(2,3)18-16(9-7-13-24-18)14-22-19(21-4)23-12-11-15-8-5-6-10-17(15)23/h5-6,8,10,16,18H,7,9,11-14H2,1-4H3,(H,21,22). The van der Waals surface area contributed by atoms with Crippen molar-refractivity contribution in [1.29, 1.82) is 0 Å². The van der Waals surface area contributed by atoms with Crippen LogP contribution in [0, 0.1) is 11.3 Å². The van der Waals surface area contributed by atoms with Crippen LogP contribution in [-0.2, 0) is 11.2 Å². The molecule has 0 aliphatic carbocycles. The number of aliphatic imine (C=N–C) groups is 1. The summed E-state index contributed by atoms with van der Waals surface area (Å²) in [4.78, 5) is 6.84. The van der Waals surface area contributed by atoms with Crippen molar-refractivity contribution in [2.45, 2.75) is 46.1 Å². The predicted molar refractivity (Wildman–Crippen MR) is 101 cm³/mol. The number of hydrogen-bond acceptors (Lipinski definition) is 2. The van der Waals surface area contributed by atoms with E-state index in [1.165, 1.54) is 17.7 Å². The highest BCUT2D eigenvalue weighted by atomic mass is 16.5. The first kappa shape index (κ1) is 17.3. The summed E-state index contributed by atoms with van der Waals surface area (Å²) in [6, 6.07) is 8.63. The largest absolute Gasteiger partial charge is 0.377 e. The van der Waals surface area contributed by atoms with Crippen molar-refractivity contribution >= 4 is 11.6 Å². The van der Waals surface area contributed by atoms with Gasteiger partial charge >= 0.3 is 0 Å². The number of nitrogens with one attached hydrogen (secondary N) is 1. The molecule has 4 heteroatoms. The van der Waals surface area contributed by atoms with Gasteiger partial charge in [-0.1, -0.05) is 39.0 Å². The van der Waals surface area contributed by atoms with E-state index in [1.807, 2.05) is 7.05 Å². The predicted octanol–water partition coefficient (Wildman–Crippen LogP) is 3.47. The summed E-state index contributed by atoms with van der Waals surface area (Å²) < 4.78 is 6.11. The minimum atomic E-state index is 0.177. The Labute approximate surface area is 146 Å². The zero-order valence-electron chi connectivity index (χ0n) is 15.5. The van der Waals surface area contributed by atoms with Gasteiger partial charge in [0.05, 0.1) is 6.10 Å². The summed E-state index contributed by atoms with van der Waals surface area (Å²) in [6.45, 7) is 9.66. The van der Waals surface area contributed by atoms with Gasteiger partial charge in [0.25, 0.3) is 0 Å². The lowest BCUT2D eigenvalue weighted by Gasteiger charge is -2.40. The molecule has 2 aliphatic heterocycles. The second-order valence-electron chi connectivity index (χ2n) is 8.02. The molecule has 0 amide bonds. The van der Waals surface area contributed by atoms with Crippen LogP contribution >= 0.6 is 0 Å². The van der Waals surface area contributed by atoms with Crippen LogP contribution in [0.4, 0.5) is 5.69 Å². The number of para-hydroxylation sites is 1. The van der Waals surface area contributed by atoms with Gasteiger partial charge in [-0.05, 0) is 36.3 Å². The van der Waals surface area contributed by atoms with Crippen LogP contribution in [-0.4, -0.2) is 38.8 Å². The molecule has 1 aromatic carbocycles. The molecule has 0 spiro atoms. The number of anilines is 1. The van der Waals surface area contributed by atoms with Crippen molar-refractivity contribution in [3.63, 3.8) is 0 Å². The number of nitrogens with zero attached hydrogens (tertiary/aromatic N) is 2. The van der Waals surface area contributed by atoms with E-state index < -0.39 is 0 Å². The molecule has 1 aromatic rings. The molecule has 2 unspecified atom stereocenters. The van der Waals surface area contributed by atoms with Gasteiger partial charge in [-0.25, -0.2) is 0 Å². The summed E-state index contributed by atoms with van der Waals surface area (Å²) in [5.41, 5.74) is 2.88. The molecule has 0 radical (unpaired) electrons. The fourth-order valence-electron chi connectivity index (χ4n) is 4.09. The van der Waals surface area contributed by atoms with Crippen LogP contribution < -0.4 is 10.2 Å². The lowest BCUT2D eigenvalue weighted by molar-refractivity contribution is -0.0835.